The van der Waals surface area contributed by atoms with Crippen molar-refractivity contribution in [3.05, 3.63) is 0 Å². The van der Waals surface area contributed by atoms with Crippen LogP contribution in [0.5, 0.6) is 0 Å². The van der Waals surface area contributed by atoms with Gasteiger partial charge in [-0.1, -0.05) is 0 Å². The van der Waals surface area contributed by atoms with Gasteiger partial charge in [0.15, 0.2) is 0 Å². The minimum Gasteiger partial charge on any atom is -0.480 e. The summed E-state index contributed by atoms with van der Waals surface area (Å²) in [4.78, 5) is 10.9. The summed E-state index contributed by atoms with van der Waals surface area (Å²) >= 11 is 0. The van der Waals surface area contributed by atoms with Crippen LogP contribution in [0.15, 0.2) is 0 Å². The van der Waals surface area contributed by atoms with E-state index in [0.29, 0.717) is 6.54 Å². The largest absolute Gasteiger partial charge is 0.480 e. The third kappa shape index (κ3) is 2.43. The van der Waals surface area contributed by atoms with Crippen LogP contribution in [0.1, 0.15) is 13.8 Å². The van der Waals surface area contributed by atoms with Crippen LogP contribution in [0, 0.1) is 0 Å². The highest BCUT2D eigenvalue weighted by Crippen LogP contribution is 2.21. The molecule has 0 aromatic rings. The SMILES string of the molecule is CN(C)N1CC(C)(C)OCC1C(=O)O. The molecule has 0 aliphatic carbocycles. The number of hydrazine groups is 1. The van der Waals surface area contributed by atoms with E-state index >= 15 is 0 Å². The number of carboxylic acids is 1. The molecule has 0 amide bonds. The van der Waals surface area contributed by atoms with Gasteiger partial charge in [-0.25, -0.2) is 10.0 Å². The molecule has 1 fully saturated rings. The van der Waals surface area contributed by atoms with Crippen molar-refractivity contribution in [1.82, 2.24) is 10.0 Å². The minimum atomic E-state index is -0.839. The van der Waals surface area contributed by atoms with E-state index in [1.807, 2.05) is 38.0 Å². The standard InChI is InChI=1S/C9H18N2O3/c1-9(2)6-11(10(3)4)7(5-14-9)8(12)13/h7H,5-6H2,1-4H3,(H,12,13). The second-order valence-corrected chi connectivity index (χ2v) is 4.37. The number of nitrogens with zero attached hydrogens (tertiary/aromatic N) is 2. The summed E-state index contributed by atoms with van der Waals surface area (Å²) in [6, 6.07) is -0.571. The first kappa shape index (κ1) is 11.4. The lowest BCUT2D eigenvalue weighted by Crippen LogP contribution is -2.60. The molecule has 14 heavy (non-hydrogen) atoms. The highest BCUT2D eigenvalue weighted by Gasteiger charge is 2.38. The van der Waals surface area contributed by atoms with E-state index in [4.69, 9.17) is 9.84 Å². The summed E-state index contributed by atoms with van der Waals surface area (Å²) in [6.45, 7) is 4.75. The molecule has 0 spiro atoms. The van der Waals surface area contributed by atoms with E-state index in [0.717, 1.165) is 0 Å². The molecule has 0 aromatic heterocycles. The van der Waals surface area contributed by atoms with Gasteiger partial charge in [-0.05, 0) is 13.8 Å². The Kier molecular flexibility index (Phi) is 3.14. The van der Waals surface area contributed by atoms with Crippen LogP contribution in [0.3, 0.4) is 0 Å². The van der Waals surface area contributed by atoms with Gasteiger partial charge >= 0.3 is 5.97 Å². The van der Waals surface area contributed by atoms with Gasteiger partial charge in [0.2, 0.25) is 0 Å². The van der Waals surface area contributed by atoms with Crippen LogP contribution < -0.4 is 0 Å². The van der Waals surface area contributed by atoms with Crippen LogP contribution in [0.2, 0.25) is 0 Å². The number of carbonyl (C=O) groups is 1. The zero-order valence-electron chi connectivity index (χ0n) is 9.15. The van der Waals surface area contributed by atoms with E-state index in [9.17, 15) is 4.79 Å². The summed E-state index contributed by atoms with van der Waals surface area (Å²) in [5.41, 5.74) is -0.282. The number of morpholine rings is 1. The molecule has 1 unspecified atom stereocenters. The highest BCUT2D eigenvalue weighted by molar-refractivity contribution is 5.73. The topological polar surface area (TPSA) is 53.0 Å². The predicted molar refractivity (Wildman–Crippen MR) is 51.8 cm³/mol. The molecule has 0 radical (unpaired) electrons. The molecule has 1 atom stereocenters. The first-order valence-corrected chi connectivity index (χ1v) is 4.64. The van der Waals surface area contributed by atoms with Crippen molar-refractivity contribution >= 4 is 5.97 Å². The lowest BCUT2D eigenvalue weighted by Gasteiger charge is -2.44. The molecule has 1 aliphatic heterocycles. The van der Waals surface area contributed by atoms with Gasteiger partial charge in [-0.2, -0.15) is 0 Å². The molecule has 5 heteroatoms. The summed E-state index contributed by atoms with van der Waals surface area (Å²) in [5.74, 6) is -0.839. The first-order valence-electron chi connectivity index (χ1n) is 4.64. The molecule has 1 rings (SSSR count). The predicted octanol–water partition coefficient (Wildman–Crippen LogP) is 0.0270. The molecule has 0 bridgehead atoms. The third-order valence-corrected chi connectivity index (χ3v) is 2.33. The normalized spacial score (nSPS) is 27.9. The average Bonchev–Trinajstić information content (AvgIpc) is 2.01. The van der Waals surface area contributed by atoms with Gasteiger partial charge in [-0.15, -0.1) is 0 Å². The Morgan fingerprint density at radius 3 is 2.57 bits per heavy atom. The van der Waals surface area contributed by atoms with E-state index in [-0.39, 0.29) is 12.2 Å². The molecule has 82 valence electrons. The number of hydrogen-bond donors (Lipinski definition) is 1. The summed E-state index contributed by atoms with van der Waals surface area (Å²) in [5, 5.41) is 12.6. The van der Waals surface area contributed by atoms with E-state index in [1.165, 1.54) is 0 Å². The molecule has 1 N–H and O–H groups in total. The molecule has 1 saturated heterocycles. The lowest BCUT2D eigenvalue weighted by molar-refractivity contribution is -0.191. The van der Waals surface area contributed by atoms with Crippen molar-refractivity contribution < 1.29 is 14.6 Å². The van der Waals surface area contributed by atoms with Crippen LogP contribution in [0.25, 0.3) is 0 Å². The third-order valence-electron chi connectivity index (χ3n) is 2.33. The Morgan fingerprint density at radius 2 is 2.14 bits per heavy atom. The van der Waals surface area contributed by atoms with Crippen molar-refractivity contribution in [3.63, 3.8) is 0 Å². The van der Waals surface area contributed by atoms with Gasteiger partial charge in [0.05, 0.1) is 12.2 Å². The summed E-state index contributed by atoms with van der Waals surface area (Å²) in [7, 11) is 3.69. The van der Waals surface area contributed by atoms with Crippen LogP contribution >= 0.6 is 0 Å². The Labute approximate surface area is 84.2 Å². The maximum absolute atomic E-state index is 10.9. The Bertz CT molecular complexity index is 228. The molecule has 1 heterocycles. The number of aliphatic carboxylic acids is 1. The zero-order chi connectivity index (χ0) is 10.9. The fourth-order valence-corrected chi connectivity index (χ4v) is 1.56. The number of carboxylic acid groups (broad SMARTS) is 1. The van der Waals surface area contributed by atoms with Crippen molar-refractivity contribution in [1.29, 1.82) is 0 Å². The van der Waals surface area contributed by atoms with Crippen LogP contribution in [0.4, 0.5) is 0 Å². The Balaban J connectivity index is 2.76. The summed E-state index contributed by atoms with van der Waals surface area (Å²) < 4.78 is 5.47. The van der Waals surface area contributed by atoms with Crippen molar-refractivity contribution in [2.75, 3.05) is 27.2 Å². The fourth-order valence-electron chi connectivity index (χ4n) is 1.56. The molecule has 0 saturated carbocycles. The lowest BCUT2D eigenvalue weighted by atomic mass is 10.1. The van der Waals surface area contributed by atoms with Crippen molar-refractivity contribution in [2.24, 2.45) is 0 Å². The number of ether oxygens (including phenoxy) is 1. The van der Waals surface area contributed by atoms with Gasteiger partial charge in [0, 0.05) is 20.6 Å². The van der Waals surface area contributed by atoms with Gasteiger partial charge < -0.3 is 9.84 Å². The van der Waals surface area contributed by atoms with Crippen molar-refractivity contribution in [3.8, 4) is 0 Å². The van der Waals surface area contributed by atoms with Gasteiger partial charge in [0.25, 0.3) is 0 Å². The molecule has 0 aromatic carbocycles. The Hall–Kier alpha value is -0.650. The van der Waals surface area contributed by atoms with Crippen LogP contribution in [-0.4, -0.2) is 60.0 Å². The molecule has 1 aliphatic rings. The maximum atomic E-state index is 10.9. The van der Waals surface area contributed by atoms with E-state index < -0.39 is 12.0 Å². The minimum absolute atomic E-state index is 0.237. The molecular weight excluding hydrogens is 184 g/mol. The zero-order valence-corrected chi connectivity index (χ0v) is 9.15. The van der Waals surface area contributed by atoms with Crippen molar-refractivity contribution in [2.45, 2.75) is 25.5 Å². The maximum Gasteiger partial charge on any atom is 0.324 e. The quantitative estimate of drug-likeness (QED) is 0.684. The molecule has 5 nitrogen and oxygen atoms in total. The van der Waals surface area contributed by atoms with Gasteiger partial charge in [-0.3, -0.25) is 4.79 Å². The highest BCUT2D eigenvalue weighted by atomic mass is 16.5. The van der Waals surface area contributed by atoms with E-state index in [1.54, 1.807) is 0 Å². The second-order valence-electron chi connectivity index (χ2n) is 4.37. The average molecular weight is 202 g/mol. The van der Waals surface area contributed by atoms with Gasteiger partial charge in [0.1, 0.15) is 6.04 Å². The Morgan fingerprint density at radius 1 is 1.57 bits per heavy atom. The number of hydrogen-bond acceptors (Lipinski definition) is 4. The second kappa shape index (κ2) is 3.84. The van der Waals surface area contributed by atoms with Crippen LogP contribution in [-0.2, 0) is 9.53 Å². The van der Waals surface area contributed by atoms with E-state index in [2.05, 4.69) is 0 Å². The smallest absolute Gasteiger partial charge is 0.324 e. The first-order chi connectivity index (χ1) is 6.33. The number of rotatable bonds is 2. The fraction of sp³-hybridized carbons (Fsp3) is 0.889. The summed E-state index contributed by atoms with van der Waals surface area (Å²) in [6.07, 6.45) is 0. The monoisotopic (exact) mass is 202 g/mol. The molecular formula is C9H18N2O3.